The molecule has 74 valence electrons. The maximum absolute atomic E-state index is 5.83. The molecule has 2 N–H and O–H groups in total. The van der Waals surface area contributed by atoms with Crippen molar-refractivity contribution in [3.05, 3.63) is 34.9 Å². The lowest BCUT2D eigenvalue weighted by Crippen LogP contribution is -2.19. The Balaban J connectivity index is 2.35. The molecule has 0 saturated carbocycles. The Bertz CT molecular complexity index is 374. The lowest BCUT2D eigenvalue weighted by Gasteiger charge is -2.19. The van der Waals surface area contributed by atoms with Crippen LogP contribution in [0.4, 0.5) is 0 Å². The van der Waals surface area contributed by atoms with Crippen LogP contribution < -0.4 is 5.73 Å². The minimum atomic E-state index is -0.181. The van der Waals surface area contributed by atoms with E-state index >= 15 is 0 Å². The van der Waals surface area contributed by atoms with Crippen LogP contribution in [0.3, 0.4) is 0 Å². The van der Waals surface area contributed by atoms with Crippen LogP contribution in [-0.2, 0) is 5.54 Å². The van der Waals surface area contributed by atoms with Gasteiger partial charge in [-0.15, -0.1) is 0 Å². The van der Waals surface area contributed by atoms with Crippen molar-refractivity contribution in [2.24, 2.45) is 10.7 Å². The van der Waals surface area contributed by atoms with Crippen molar-refractivity contribution in [2.75, 3.05) is 5.75 Å². The molecule has 1 unspecified atom stereocenters. The van der Waals surface area contributed by atoms with E-state index in [-0.39, 0.29) is 5.54 Å². The Labute approximate surface area is 92.5 Å². The van der Waals surface area contributed by atoms with Gasteiger partial charge in [-0.2, -0.15) is 0 Å². The summed E-state index contributed by atoms with van der Waals surface area (Å²) in [6.45, 7) is 2.09. The number of benzene rings is 1. The highest BCUT2D eigenvalue weighted by atomic mass is 35.5. The van der Waals surface area contributed by atoms with Crippen LogP contribution in [0.1, 0.15) is 12.5 Å². The van der Waals surface area contributed by atoms with E-state index < -0.39 is 0 Å². The third kappa shape index (κ3) is 1.74. The number of aliphatic imine (C=N–C) groups is 1. The van der Waals surface area contributed by atoms with Crippen LogP contribution in [0.2, 0.25) is 5.02 Å². The first kappa shape index (κ1) is 9.87. The molecule has 1 aliphatic heterocycles. The maximum atomic E-state index is 5.83. The van der Waals surface area contributed by atoms with Crippen molar-refractivity contribution in [3.8, 4) is 0 Å². The molecule has 1 aliphatic rings. The topological polar surface area (TPSA) is 38.4 Å². The summed E-state index contributed by atoms with van der Waals surface area (Å²) < 4.78 is 0. The number of hydrogen-bond acceptors (Lipinski definition) is 3. The maximum Gasteiger partial charge on any atom is 0.154 e. The molecule has 0 radical (unpaired) electrons. The van der Waals surface area contributed by atoms with Gasteiger partial charge in [-0.05, 0) is 24.6 Å². The van der Waals surface area contributed by atoms with E-state index in [4.69, 9.17) is 17.3 Å². The van der Waals surface area contributed by atoms with Gasteiger partial charge in [0.25, 0.3) is 0 Å². The minimum Gasteiger partial charge on any atom is -0.379 e. The second kappa shape index (κ2) is 3.48. The van der Waals surface area contributed by atoms with Crippen LogP contribution in [0.15, 0.2) is 29.3 Å². The summed E-state index contributed by atoms with van der Waals surface area (Å²) in [6, 6.07) is 7.78. The summed E-state index contributed by atoms with van der Waals surface area (Å²) in [5.41, 5.74) is 6.65. The summed E-state index contributed by atoms with van der Waals surface area (Å²) in [4.78, 5) is 4.43. The number of halogens is 1. The molecule has 0 fully saturated rings. The summed E-state index contributed by atoms with van der Waals surface area (Å²) in [7, 11) is 0. The number of hydrogen-bond donors (Lipinski definition) is 1. The number of nitrogens with zero attached hydrogens (tertiary/aromatic N) is 1. The minimum absolute atomic E-state index is 0.181. The summed E-state index contributed by atoms with van der Waals surface area (Å²) in [6.07, 6.45) is 0. The van der Waals surface area contributed by atoms with Crippen molar-refractivity contribution in [2.45, 2.75) is 12.5 Å². The van der Waals surface area contributed by atoms with Crippen LogP contribution in [0.5, 0.6) is 0 Å². The van der Waals surface area contributed by atoms with Crippen molar-refractivity contribution >= 4 is 28.5 Å². The molecule has 2 rings (SSSR count). The molecule has 14 heavy (non-hydrogen) atoms. The number of thioether (sulfide) groups is 1. The molecule has 0 aromatic heterocycles. The predicted octanol–water partition coefficient (Wildman–Crippen LogP) is 2.62. The van der Waals surface area contributed by atoms with Gasteiger partial charge < -0.3 is 5.73 Å². The van der Waals surface area contributed by atoms with Gasteiger partial charge in [-0.3, -0.25) is 4.99 Å². The normalized spacial score (nSPS) is 26.3. The summed E-state index contributed by atoms with van der Waals surface area (Å²) >= 11 is 7.42. The number of nitrogens with two attached hydrogens (primary N) is 1. The quantitative estimate of drug-likeness (QED) is 0.800. The fourth-order valence-corrected chi connectivity index (χ4v) is 2.53. The Hall–Kier alpha value is -0.670. The van der Waals surface area contributed by atoms with Crippen LogP contribution in [0, 0.1) is 0 Å². The molecule has 1 heterocycles. The first-order chi connectivity index (χ1) is 6.60. The Morgan fingerprint density at radius 2 is 2.07 bits per heavy atom. The number of amidine groups is 1. The molecule has 0 spiro atoms. The third-order valence-corrected chi connectivity index (χ3v) is 3.67. The fourth-order valence-electron chi connectivity index (χ4n) is 1.48. The molecular formula is C10H11ClN2S. The molecule has 0 aliphatic carbocycles. The average molecular weight is 227 g/mol. The van der Waals surface area contributed by atoms with Crippen LogP contribution >= 0.6 is 23.4 Å². The zero-order valence-corrected chi connectivity index (χ0v) is 9.40. The van der Waals surface area contributed by atoms with Gasteiger partial charge >= 0.3 is 0 Å². The number of rotatable bonds is 1. The highest BCUT2D eigenvalue weighted by Gasteiger charge is 2.31. The molecule has 0 amide bonds. The second-order valence-corrected chi connectivity index (χ2v) is 4.95. The van der Waals surface area contributed by atoms with Crippen molar-refractivity contribution in [1.82, 2.24) is 0 Å². The van der Waals surface area contributed by atoms with E-state index in [1.54, 1.807) is 11.8 Å². The van der Waals surface area contributed by atoms with E-state index in [0.29, 0.717) is 5.17 Å². The molecule has 1 aromatic rings. The summed E-state index contributed by atoms with van der Waals surface area (Å²) in [5.74, 6) is 0.903. The fraction of sp³-hybridized carbons (Fsp3) is 0.300. The zero-order chi connectivity index (χ0) is 10.2. The van der Waals surface area contributed by atoms with E-state index in [0.717, 1.165) is 16.3 Å². The SMILES string of the molecule is CC1(c2ccc(Cl)cc2)CSC(N)=N1. The lowest BCUT2D eigenvalue weighted by atomic mass is 9.95. The Morgan fingerprint density at radius 1 is 1.43 bits per heavy atom. The van der Waals surface area contributed by atoms with Crippen LogP contribution in [-0.4, -0.2) is 10.9 Å². The molecule has 1 atom stereocenters. The first-order valence-corrected chi connectivity index (χ1v) is 5.71. The average Bonchev–Trinajstić information content (AvgIpc) is 2.48. The largest absolute Gasteiger partial charge is 0.379 e. The first-order valence-electron chi connectivity index (χ1n) is 4.34. The molecular weight excluding hydrogens is 216 g/mol. The molecule has 0 saturated heterocycles. The van der Waals surface area contributed by atoms with Gasteiger partial charge in [0.05, 0.1) is 5.54 Å². The van der Waals surface area contributed by atoms with Gasteiger partial charge in [0.15, 0.2) is 5.17 Å². The van der Waals surface area contributed by atoms with E-state index in [1.165, 1.54) is 0 Å². The molecule has 2 nitrogen and oxygen atoms in total. The van der Waals surface area contributed by atoms with Crippen molar-refractivity contribution in [1.29, 1.82) is 0 Å². The molecule has 4 heteroatoms. The second-order valence-electron chi connectivity index (χ2n) is 3.52. The highest BCUT2D eigenvalue weighted by molar-refractivity contribution is 8.14. The van der Waals surface area contributed by atoms with Crippen molar-refractivity contribution in [3.63, 3.8) is 0 Å². The van der Waals surface area contributed by atoms with E-state index in [2.05, 4.69) is 11.9 Å². The highest BCUT2D eigenvalue weighted by Crippen LogP contribution is 2.35. The van der Waals surface area contributed by atoms with Gasteiger partial charge in [0, 0.05) is 10.8 Å². The van der Waals surface area contributed by atoms with Crippen LogP contribution in [0.25, 0.3) is 0 Å². The Kier molecular flexibility index (Phi) is 2.45. The third-order valence-electron chi connectivity index (χ3n) is 2.32. The smallest absolute Gasteiger partial charge is 0.154 e. The van der Waals surface area contributed by atoms with Gasteiger partial charge in [-0.1, -0.05) is 35.5 Å². The summed E-state index contributed by atoms with van der Waals surface area (Å²) in [5, 5.41) is 1.42. The molecule has 1 aromatic carbocycles. The standard InChI is InChI=1S/C10H11ClN2S/c1-10(6-14-9(12)13-10)7-2-4-8(11)5-3-7/h2-5H,6H2,1H3,(H2,12,13). The Morgan fingerprint density at radius 3 is 2.57 bits per heavy atom. The van der Waals surface area contributed by atoms with Gasteiger partial charge in [-0.25, -0.2) is 0 Å². The van der Waals surface area contributed by atoms with Crippen molar-refractivity contribution < 1.29 is 0 Å². The van der Waals surface area contributed by atoms with E-state index in [9.17, 15) is 0 Å². The molecule has 0 bridgehead atoms. The van der Waals surface area contributed by atoms with Gasteiger partial charge in [0.1, 0.15) is 0 Å². The lowest BCUT2D eigenvalue weighted by molar-refractivity contribution is 0.579. The predicted molar refractivity (Wildman–Crippen MR) is 62.9 cm³/mol. The van der Waals surface area contributed by atoms with Gasteiger partial charge in [0.2, 0.25) is 0 Å². The monoisotopic (exact) mass is 226 g/mol. The van der Waals surface area contributed by atoms with E-state index in [1.807, 2.05) is 24.3 Å². The zero-order valence-electron chi connectivity index (χ0n) is 7.83.